The lowest BCUT2D eigenvalue weighted by atomic mass is 10.1. The first kappa shape index (κ1) is 23.6. The van der Waals surface area contributed by atoms with Crippen LogP contribution in [0.5, 0.6) is 0 Å². The van der Waals surface area contributed by atoms with E-state index >= 15 is 0 Å². The number of aliphatic imine (C=N–C) groups is 1. The van der Waals surface area contributed by atoms with E-state index in [1.54, 1.807) is 38.2 Å². The van der Waals surface area contributed by atoms with Crippen molar-refractivity contribution in [3.8, 4) is 0 Å². The lowest BCUT2D eigenvalue weighted by molar-refractivity contribution is 0.0827. The van der Waals surface area contributed by atoms with Gasteiger partial charge in [-0.25, -0.2) is 12.7 Å². The van der Waals surface area contributed by atoms with Crippen LogP contribution < -0.4 is 10.6 Å². The normalized spacial score (nSPS) is 16.5. The van der Waals surface area contributed by atoms with Crippen molar-refractivity contribution in [2.45, 2.75) is 13.0 Å². The maximum atomic E-state index is 11.9. The molecule has 2 rings (SSSR count). The summed E-state index contributed by atoms with van der Waals surface area (Å²) in [6, 6.07) is 7.39. The first-order chi connectivity index (χ1) is 12.3. The maximum absolute atomic E-state index is 11.9. The van der Waals surface area contributed by atoms with Gasteiger partial charge in [0.05, 0.1) is 5.75 Å². The van der Waals surface area contributed by atoms with E-state index in [2.05, 4.69) is 15.6 Å². The quantitative estimate of drug-likeness (QED) is 0.335. The Morgan fingerprint density at radius 2 is 1.89 bits per heavy atom. The summed E-state index contributed by atoms with van der Waals surface area (Å²) in [5, 5.41) is 6.30. The second-order valence-electron chi connectivity index (χ2n) is 6.32. The van der Waals surface area contributed by atoms with Crippen LogP contribution in [-0.4, -0.2) is 76.0 Å². The minimum atomic E-state index is -3.06. The van der Waals surface area contributed by atoms with E-state index in [0.717, 1.165) is 5.56 Å². The molecule has 1 aromatic carbocycles. The van der Waals surface area contributed by atoms with Crippen LogP contribution in [0.1, 0.15) is 22.3 Å². The van der Waals surface area contributed by atoms with Crippen LogP contribution in [0.4, 0.5) is 0 Å². The second kappa shape index (κ2) is 10.8. The summed E-state index contributed by atoms with van der Waals surface area (Å²) in [6.45, 7) is 2.08. The van der Waals surface area contributed by atoms with Gasteiger partial charge in [0.1, 0.15) is 0 Å². The van der Waals surface area contributed by atoms with E-state index in [1.807, 2.05) is 12.1 Å². The third kappa shape index (κ3) is 6.92. The van der Waals surface area contributed by atoms with Gasteiger partial charge in [0, 0.05) is 52.9 Å². The smallest absolute Gasteiger partial charge is 0.253 e. The van der Waals surface area contributed by atoms with Crippen LogP contribution in [0, 0.1) is 0 Å². The van der Waals surface area contributed by atoms with Crippen molar-refractivity contribution in [2.24, 2.45) is 4.99 Å². The molecule has 0 atom stereocenters. The summed E-state index contributed by atoms with van der Waals surface area (Å²) >= 11 is 0. The maximum Gasteiger partial charge on any atom is 0.253 e. The van der Waals surface area contributed by atoms with E-state index in [9.17, 15) is 13.2 Å². The Labute approximate surface area is 178 Å². The molecule has 8 nitrogen and oxygen atoms in total. The molecule has 2 N–H and O–H groups in total. The molecule has 1 aromatic rings. The molecule has 1 aliphatic rings. The van der Waals surface area contributed by atoms with Gasteiger partial charge >= 0.3 is 0 Å². The molecule has 152 valence electrons. The summed E-state index contributed by atoms with van der Waals surface area (Å²) in [5.74, 6) is 0.820. The summed E-state index contributed by atoms with van der Waals surface area (Å²) in [7, 11) is 2.05. The zero-order valence-corrected chi connectivity index (χ0v) is 19.1. The fraction of sp³-hybridized carbons (Fsp3) is 0.529. The number of carbonyl (C=O) groups excluding carboxylic acids is 1. The van der Waals surface area contributed by atoms with Gasteiger partial charge in [-0.15, -0.1) is 24.0 Å². The van der Waals surface area contributed by atoms with Crippen molar-refractivity contribution >= 4 is 45.9 Å². The number of benzene rings is 1. The van der Waals surface area contributed by atoms with E-state index in [1.165, 1.54) is 4.31 Å². The van der Waals surface area contributed by atoms with Crippen molar-refractivity contribution in [1.82, 2.24) is 19.8 Å². The summed E-state index contributed by atoms with van der Waals surface area (Å²) in [4.78, 5) is 17.6. The number of sulfonamides is 1. The molecule has 1 heterocycles. The molecular formula is C17H28IN5O3S. The molecule has 0 bridgehead atoms. The van der Waals surface area contributed by atoms with Gasteiger partial charge in [-0.05, 0) is 24.1 Å². The van der Waals surface area contributed by atoms with Crippen molar-refractivity contribution in [3.05, 3.63) is 35.4 Å². The van der Waals surface area contributed by atoms with E-state index in [-0.39, 0.29) is 35.6 Å². The van der Waals surface area contributed by atoms with Crippen LogP contribution in [0.2, 0.25) is 0 Å². The average Bonchev–Trinajstić information content (AvgIpc) is 2.96. The number of halogens is 1. The Kier molecular flexibility index (Phi) is 9.47. The number of hydrogen-bond acceptors (Lipinski definition) is 4. The van der Waals surface area contributed by atoms with Crippen LogP contribution in [0.15, 0.2) is 29.3 Å². The predicted octanol–water partition coefficient (Wildman–Crippen LogP) is 0.707. The van der Waals surface area contributed by atoms with Gasteiger partial charge in [0.15, 0.2) is 5.96 Å². The number of rotatable bonds is 6. The van der Waals surface area contributed by atoms with Gasteiger partial charge in [0.2, 0.25) is 10.0 Å². The highest BCUT2D eigenvalue weighted by atomic mass is 127. The zero-order valence-electron chi connectivity index (χ0n) is 15.9. The molecule has 10 heteroatoms. The Morgan fingerprint density at radius 1 is 1.22 bits per heavy atom. The zero-order chi connectivity index (χ0) is 19.2. The molecule has 1 aliphatic heterocycles. The van der Waals surface area contributed by atoms with Crippen molar-refractivity contribution < 1.29 is 13.2 Å². The van der Waals surface area contributed by atoms with Crippen molar-refractivity contribution in [2.75, 3.05) is 46.5 Å². The molecule has 1 saturated heterocycles. The monoisotopic (exact) mass is 509 g/mol. The first-order valence-corrected chi connectivity index (χ1v) is 10.2. The number of carbonyl (C=O) groups is 1. The van der Waals surface area contributed by atoms with E-state index < -0.39 is 10.0 Å². The number of hydrogen-bond donors (Lipinski definition) is 2. The topological polar surface area (TPSA) is 94.1 Å². The minimum absolute atomic E-state index is 0. The molecule has 1 amide bonds. The molecule has 27 heavy (non-hydrogen) atoms. The third-order valence-corrected chi connectivity index (χ3v) is 6.10. The second-order valence-corrected chi connectivity index (χ2v) is 8.41. The number of nitrogens with zero attached hydrogens (tertiary/aromatic N) is 3. The van der Waals surface area contributed by atoms with Crippen molar-refractivity contribution in [1.29, 1.82) is 0 Å². The summed E-state index contributed by atoms with van der Waals surface area (Å²) in [5.41, 5.74) is 1.67. The van der Waals surface area contributed by atoms with Gasteiger partial charge in [-0.3, -0.25) is 9.79 Å². The van der Waals surface area contributed by atoms with Crippen LogP contribution >= 0.6 is 24.0 Å². The Morgan fingerprint density at radius 3 is 2.41 bits per heavy atom. The van der Waals surface area contributed by atoms with Crippen LogP contribution in [0.3, 0.4) is 0 Å². The largest absolute Gasteiger partial charge is 0.355 e. The Hall–Kier alpha value is -1.40. The third-order valence-electron chi connectivity index (χ3n) is 4.15. The van der Waals surface area contributed by atoms with Gasteiger partial charge in [-0.2, -0.15) is 0 Å². The average molecular weight is 509 g/mol. The summed E-state index contributed by atoms with van der Waals surface area (Å²) in [6.07, 6.45) is 0.696. The SMILES string of the molecule is CN=C(NCCN1CCCS1(=O)=O)NCc1ccc(C(=O)N(C)C)cc1.I. The van der Waals surface area contributed by atoms with Gasteiger partial charge in [0.25, 0.3) is 5.91 Å². The first-order valence-electron chi connectivity index (χ1n) is 8.56. The van der Waals surface area contributed by atoms with Crippen LogP contribution in [-0.2, 0) is 16.6 Å². The Balaban J connectivity index is 0.00000364. The predicted molar refractivity (Wildman–Crippen MR) is 118 cm³/mol. The van der Waals surface area contributed by atoms with Crippen LogP contribution in [0.25, 0.3) is 0 Å². The molecule has 0 radical (unpaired) electrons. The highest BCUT2D eigenvalue weighted by molar-refractivity contribution is 14.0. The van der Waals surface area contributed by atoms with E-state index in [0.29, 0.717) is 44.1 Å². The lowest BCUT2D eigenvalue weighted by Gasteiger charge is -2.16. The molecule has 0 aliphatic carbocycles. The van der Waals surface area contributed by atoms with Crippen molar-refractivity contribution in [3.63, 3.8) is 0 Å². The number of nitrogens with one attached hydrogen (secondary N) is 2. The minimum Gasteiger partial charge on any atom is -0.355 e. The number of amides is 1. The molecule has 0 saturated carbocycles. The molecular weight excluding hydrogens is 481 g/mol. The molecule has 0 spiro atoms. The standard InChI is InChI=1S/C17H27N5O3S.HI/c1-18-17(19-9-11-22-10-4-12-26(22,24)25)20-13-14-5-7-15(8-6-14)16(23)21(2)3;/h5-8H,4,9-13H2,1-3H3,(H2,18,19,20);1H. The van der Waals surface area contributed by atoms with E-state index in [4.69, 9.17) is 0 Å². The number of guanidine groups is 1. The lowest BCUT2D eigenvalue weighted by Crippen LogP contribution is -2.41. The van der Waals surface area contributed by atoms with Gasteiger partial charge < -0.3 is 15.5 Å². The molecule has 0 unspecified atom stereocenters. The fourth-order valence-electron chi connectivity index (χ4n) is 2.67. The molecule has 1 fully saturated rings. The molecule has 0 aromatic heterocycles. The summed E-state index contributed by atoms with van der Waals surface area (Å²) < 4.78 is 25.0. The van der Waals surface area contributed by atoms with Gasteiger partial charge in [-0.1, -0.05) is 12.1 Å². The Bertz CT molecular complexity index is 750. The highest BCUT2D eigenvalue weighted by Gasteiger charge is 2.27. The fourth-order valence-corrected chi connectivity index (χ4v) is 4.20. The highest BCUT2D eigenvalue weighted by Crippen LogP contribution is 2.11.